The first-order valence-electron chi connectivity index (χ1n) is 7.76. The molecular formula is C18H18N2O5. The van der Waals surface area contributed by atoms with Gasteiger partial charge in [0, 0.05) is 16.9 Å². The van der Waals surface area contributed by atoms with Gasteiger partial charge in [-0.3, -0.25) is 10.1 Å². The number of aromatic nitrogens is 1. The molecule has 1 N–H and O–H groups in total. The standard InChI is InChI=1S/C18H18N2O5/c1-18(2,3)14-9-16(25-20-14)19-15(21)10-23-17(22)13-8-11-6-4-5-7-12(11)24-13/h4-9H,10H2,1-3H3,(H,19,21). The average molecular weight is 342 g/mol. The summed E-state index contributed by atoms with van der Waals surface area (Å²) in [6.45, 7) is 5.48. The molecule has 25 heavy (non-hydrogen) atoms. The van der Waals surface area contributed by atoms with Crippen molar-refractivity contribution in [2.24, 2.45) is 0 Å². The lowest BCUT2D eigenvalue weighted by Gasteiger charge is -2.12. The minimum atomic E-state index is -0.709. The van der Waals surface area contributed by atoms with Crippen molar-refractivity contribution >= 4 is 28.7 Å². The largest absolute Gasteiger partial charge is 0.450 e. The van der Waals surface area contributed by atoms with Crippen molar-refractivity contribution in [1.82, 2.24) is 5.16 Å². The minimum absolute atomic E-state index is 0.0451. The average Bonchev–Trinajstić information content (AvgIpc) is 3.18. The molecule has 0 aliphatic heterocycles. The summed E-state index contributed by atoms with van der Waals surface area (Å²) in [5, 5.41) is 7.17. The van der Waals surface area contributed by atoms with Crippen LogP contribution in [-0.2, 0) is 14.9 Å². The van der Waals surface area contributed by atoms with Crippen LogP contribution in [0.2, 0.25) is 0 Å². The van der Waals surface area contributed by atoms with E-state index in [1.54, 1.807) is 24.3 Å². The van der Waals surface area contributed by atoms with Crippen LogP contribution in [0.25, 0.3) is 11.0 Å². The van der Waals surface area contributed by atoms with E-state index in [9.17, 15) is 9.59 Å². The summed E-state index contributed by atoms with van der Waals surface area (Å²) in [4.78, 5) is 23.8. The molecule has 0 aliphatic carbocycles. The number of furan rings is 1. The van der Waals surface area contributed by atoms with Gasteiger partial charge in [-0.05, 0) is 12.1 Å². The molecule has 7 heteroatoms. The van der Waals surface area contributed by atoms with Gasteiger partial charge in [-0.1, -0.05) is 44.1 Å². The van der Waals surface area contributed by atoms with E-state index in [1.807, 2.05) is 32.9 Å². The van der Waals surface area contributed by atoms with Gasteiger partial charge in [0.25, 0.3) is 5.91 Å². The molecule has 0 unspecified atom stereocenters. The fourth-order valence-electron chi connectivity index (χ4n) is 2.15. The summed E-state index contributed by atoms with van der Waals surface area (Å²) in [7, 11) is 0. The number of rotatable bonds is 4. The molecule has 0 bridgehead atoms. The third-order valence-electron chi connectivity index (χ3n) is 3.50. The maximum Gasteiger partial charge on any atom is 0.374 e. The van der Waals surface area contributed by atoms with Crippen LogP contribution in [-0.4, -0.2) is 23.6 Å². The smallest absolute Gasteiger partial charge is 0.374 e. The summed E-state index contributed by atoms with van der Waals surface area (Å²) in [6.07, 6.45) is 0. The number of benzene rings is 1. The van der Waals surface area contributed by atoms with Gasteiger partial charge in [-0.2, -0.15) is 0 Å². The van der Waals surface area contributed by atoms with Gasteiger partial charge in [0.2, 0.25) is 11.6 Å². The molecule has 0 radical (unpaired) electrons. The van der Waals surface area contributed by atoms with Crippen molar-refractivity contribution in [1.29, 1.82) is 0 Å². The summed E-state index contributed by atoms with van der Waals surface area (Å²) >= 11 is 0. The SMILES string of the molecule is CC(C)(C)c1cc(NC(=O)COC(=O)c2cc3ccccc3o2)on1. The Hall–Kier alpha value is -3.09. The van der Waals surface area contributed by atoms with Gasteiger partial charge >= 0.3 is 5.97 Å². The van der Waals surface area contributed by atoms with Crippen molar-refractivity contribution in [2.75, 3.05) is 11.9 Å². The second-order valence-corrected chi connectivity index (χ2v) is 6.60. The summed E-state index contributed by atoms with van der Waals surface area (Å²) in [6, 6.07) is 10.4. The van der Waals surface area contributed by atoms with Crippen LogP contribution in [0.3, 0.4) is 0 Å². The molecule has 2 aromatic heterocycles. The van der Waals surface area contributed by atoms with Crippen LogP contribution in [0.15, 0.2) is 45.3 Å². The quantitative estimate of drug-likeness (QED) is 0.729. The zero-order chi connectivity index (χ0) is 18.0. The van der Waals surface area contributed by atoms with E-state index in [1.165, 1.54) is 0 Å². The number of fused-ring (bicyclic) bond motifs is 1. The normalized spacial score (nSPS) is 11.5. The Morgan fingerprint density at radius 3 is 2.64 bits per heavy atom. The maximum absolute atomic E-state index is 12.0. The Morgan fingerprint density at radius 1 is 1.20 bits per heavy atom. The molecule has 0 saturated carbocycles. The van der Waals surface area contributed by atoms with Crippen LogP contribution in [0.5, 0.6) is 0 Å². The molecule has 3 rings (SSSR count). The van der Waals surface area contributed by atoms with E-state index >= 15 is 0 Å². The number of amides is 1. The molecule has 2 heterocycles. The highest BCUT2D eigenvalue weighted by atomic mass is 16.5. The third-order valence-corrected chi connectivity index (χ3v) is 3.50. The van der Waals surface area contributed by atoms with E-state index in [2.05, 4.69) is 10.5 Å². The lowest BCUT2D eigenvalue weighted by Crippen LogP contribution is -2.20. The van der Waals surface area contributed by atoms with Gasteiger partial charge in [0.05, 0.1) is 5.69 Å². The van der Waals surface area contributed by atoms with E-state index in [0.29, 0.717) is 11.3 Å². The van der Waals surface area contributed by atoms with Crippen LogP contribution in [0, 0.1) is 0 Å². The first-order valence-corrected chi connectivity index (χ1v) is 7.76. The third kappa shape index (κ3) is 3.88. The monoisotopic (exact) mass is 342 g/mol. The molecule has 0 atom stereocenters. The number of para-hydroxylation sites is 1. The number of ether oxygens (including phenoxy) is 1. The molecule has 3 aromatic rings. The molecule has 0 aliphatic rings. The van der Waals surface area contributed by atoms with Gasteiger partial charge in [0.1, 0.15) is 5.58 Å². The minimum Gasteiger partial charge on any atom is -0.450 e. The Morgan fingerprint density at radius 2 is 1.96 bits per heavy atom. The number of carbonyl (C=O) groups excluding carboxylic acids is 2. The summed E-state index contributed by atoms with van der Waals surface area (Å²) < 4.78 is 15.4. The number of nitrogens with one attached hydrogen (secondary N) is 1. The number of carbonyl (C=O) groups is 2. The molecular weight excluding hydrogens is 324 g/mol. The highest BCUT2D eigenvalue weighted by Gasteiger charge is 2.20. The zero-order valence-corrected chi connectivity index (χ0v) is 14.2. The van der Waals surface area contributed by atoms with E-state index in [4.69, 9.17) is 13.7 Å². The van der Waals surface area contributed by atoms with Gasteiger partial charge in [0.15, 0.2) is 6.61 Å². The van der Waals surface area contributed by atoms with Crippen LogP contribution < -0.4 is 5.32 Å². The predicted molar refractivity (Wildman–Crippen MR) is 90.3 cm³/mol. The highest BCUT2D eigenvalue weighted by Crippen LogP contribution is 2.23. The van der Waals surface area contributed by atoms with E-state index < -0.39 is 18.5 Å². The number of hydrogen-bond donors (Lipinski definition) is 1. The first-order chi connectivity index (χ1) is 11.8. The Kier molecular flexibility index (Phi) is 4.31. The number of hydrogen-bond acceptors (Lipinski definition) is 6. The zero-order valence-electron chi connectivity index (χ0n) is 14.2. The lowest BCUT2D eigenvalue weighted by molar-refractivity contribution is -0.119. The van der Waals surface area contributed by atoms with Crippen molar-refractivity contribution in [2.45, 2.75) is 26.2 Å². The second-order valence-electron chi connectivity index (χ2n) is 6.60. The number of nitrogens with zero attached hydrogens (tertiary/aromatic N) is 1. The van der Waals surface area contributed by atoms with Gasteiger partial charge in [-0.25, -0.2) is 4.79 Å². The predicted octanol–water partition coefficient (Wildman–Crippen LogP) is 3.51. The molecule has 0 spiro atoms. The van der Waals surface area contributed by atoms with Gasteiger partial charge in [-0.15, -0.1) is 0 Å². The Labute approximate surface area is 143 Å². The van der Waals surface area contributed by atoms with Crippen LogP contribution in [0.4, 0.5) is 5.88 Å². The first kappa shape index (κ1) is 16.8. The number of anilines is 1. The van der Waals surface area contributed by atoms with Gasteiger partial charge < -0.3 is 13.7 Å². The van der Waals surface area contributed by atoms with Crippen LogP contribution >= 0.6 is 0 Å². The molecule has 1 aromatic carbocycles. The maximum atomic E-state index is 12.0. The number of esters is 1. The molecule has 0 fully saturated rings. The highest BCUT2D eigenvalue weighted by molar-refractivity contribution is 5.95. The topological polar surface area (TPSA) is 94.6 Å². The van der Waals surface area contributed by atoms with Crippen molar-refractivity contribution in [3.63, 3.8) is 0 Å². The summed E-state index contributed by atoms with van der Waals surface area (Å²) in [5.41, 5.74) is 1.09. The molecule has 1 amide bonds. The Balaban J connectivity index is 1.56. The van der Waals surface area contributed by atoms with Crippen molar-refractivity contribution < 1.29 is 23.3 Å². The fourth-order valence-corrected chi connectivity index (χ4v) is 2.15. The molecule has 0 saturated heterocycles. The fraction of sp³-hybridized carbons (Fsp3) is 0.278. The van der Waals surface area contributed by atoms with E-state index in [-0.39, 0.29) is 17.1 Å². The molecule has 7 nitrogen and oxygen atoms in total. The van der Waals surface area contributed by atoms with E-state index in [0.717, 1.165) is 5.39 Å². The van der Waals surface area contributed by atoms with Crippen molar-refractivity contribution in [3.05, 3.63) is 47.9 Å². The van der Waals surface area contributed by atoms with Crippen molar-refractivity contribution in [3.8, 4) is 0 Å². The Bertz CT molecular complexity index is 884. The summed E-state index contributed by atoms with van der Waals surface area (Å²) in [5.74, 6) is -0.987. The second kappa shape index (κ2) is 6.43. The van der Waals surface area contributed by atoms with Crippen LogP contribution in [0.1, 0.15) is 37.0 Å². The lowest BCUT2D eigenvalue weighted by atomic mass is 9.92. The molecule has 130 valence electrons.